The van der Waals surface area contributed by atoms with Crippen LogP contribution in [0.1, 0.15) is 15.9 Å². The monoisotopic (exact) mass is 289 g/mol. The van der Waals surface area contributed by atoms with E-state index in [0.717, 1.165) is 17.8 Å². The molecule has 0 fully saturated rings. The minimum atomic E-state index is -0.564. The van der Waals surface area contributed by atoms with Gasteiger partial charge in [0.2, 0.25) is 0 Å². The molecule has 0 saturated carbocycles. The van der Waals surface area contributed by atoms with Crippen LogP contribution in [-0.2, 0) is 0 Å². The fraction of sp³-hybridized carbons (Fsp3) is 0.200. The number of amides is 1. The van der Waals surface area contributed by atoms with Crippen molar-refractivity contribution >= 4 is 17.4 Å². The lowest BCUT2D eigenvalue weighted by atomic mass is 10.1. The number of hydrogen-bond acceptors (Lipinski definition) is 4. The first-order valence-electron chi connectivity index (χ1n) is 6.34. The fourth-order valence-electron chi connectivity index (χ4n) is 1.90. The van der Waals surface area contributed by atoms with Gasteiger partial charge in [-0.05, 0) is 36.8 Å². The Morgan fingerprint density at radius 3 is 2.71 bits per heavy atom. The van der Waals surface area contributed by atoms with Gasteiger partial charge in [0, 0.05) is 12.7 Å². The van der Waals surface area contributed by atoms with Gasteiger partial charge in [0.05, 0.1) is 18.9 Å². The van der Waals surface area contributed by atoms with Gasteiger partial charge in [0.15, 0.2) is 0 Å². The Labute approximate surface area is 122 Å². The van der Waals surface area contributed by atoms with Gasteiger partial charge in [-0.25, -0.2) is 9.37 Å². The molecule has 2 aromatic rings. The number of aromatic nitrogens is 1. The smallest absolute Gasteiger partial charge is 0.259 e. The van der Waals surface area contributed by atoms with Gasteiger partial charge in [-0.15, -0.1) is 0 Å². The van der Waals surface area contributed by atoms with Crippen molar-refractivity contribution in [2.45, 2.75) is 6.92 Å². The first-order valence-corrected chi connectivity index (χ1v) is 6.34. The molecule has 1 aromatic heterocycles. The zero-order valence-corrected chi connectivity index (χ0v) is 12.0. The van der Waals surface area contributed by atoms with Crippen LogP contribution in [0.5, 0.6) is 5.75 Å². The van der Waals surface area contributed by atoms with Gasteiger partial charge in [-0.2, -0.15) is 0 Å². The molecule has 2 rings (SSSR count). The highest BCUT2D eigenvalue weighted by atomic mass is 19.1. The lowest BCUT2D eigenvalue weighted by Gasteiger charge is -2.12. The van der Waals surface area contributed by atoms with Crippen LogP contribution in [-0.4, -0.2) is 25.0 Å². The third-order valence-electron chi connectivity index (χ3n) is 3.02. The number of rotatable bonds is 4. The van der Waals surface area contributed by atoms with E-state index in [-0.39, 0.29) is 5.56 Å². The molecule has 1 heterocycles. The number of ether oxygens (including phenoxy) is 1. The molecular formula is C15H16FN3O2. The Kier molecular flexibility index (Phi) is 4.37. The Hall–Kier alpha value is -2.63. The second kappa shape index (κ2) is 6.21. The lowest BCUT2D eigenvalue weighted by molar-refractivity contribution is 0.102. The van der Waals surface area contributed by atoms with E-state index in [4.69, 9.17) is 4.74 Å². The summed E-state index contributed by atoms with van der Waals surface area (Å²) in [5.74, 6) is 0.0270. The predicted molar refractivity (Wildman–Crippen MR) is 79.4 cm³/mol. The summed E-state index contributed by atoms with van der Waals surface area (Å²) in [6, 6.07) is 6.43. The summed E-state index contributed by atoms with van der Waals surface area (Å²) in [5, 5.41) is 5.50. The molecule has 5 nitrogen and oxygen atoms in total. The van der Waals surface area contributed by atoms with Crippen molar-refractivity contribution in [1.29, 1.82) is 0 Å². The van der Waals surface area contributed by atoms with E-state index in [2.05, 4.69) is 15.6 Å². The van der Waals surface area contributed by atoms with Crippen molar-refractivity contribution in [2.24, 2.45) is 0 Å². The van der Waals surface area contributed by atoms with Crippen molar-refractivity contribution in [3.05, 3.63) is 47.4 Å². The normalized spacial score (nSPS) is 10.1. The van der Waals surface area contributed by atoms with Gasteiger partial charge in [-0.1, -0.05) is 0 Å². The molecule has 1 amide bonds. The summed E-state index contributed by atoms with van der Waals surface area (Å²) < 4.78 is 18.4. The number of pyridine rings is 1. The minimum absolute atomic E-state index is 0.146. The number of aryl methyl sites for hydroxylation is 1. The molecule has 2 N–H and O–H groups in total. The molecule has 0 radical (unpaired) electrons. The van der Waals surface area contributed by atoms with Crippen molar-refractivity contribution in [3.63, 3.8) is 0 Å². The summed E-state index contributed by atoms with van der Waals surface area (Å²) in [6.07, 6.45) is 1.06. The van der Waals surface area contributed by atoms with Gasteiger partial charge >= 0.3 is 0 Å². The predicted octanol–water partition coefficient (Wildman–Crippen LogP) is 2.83. The second-order valence-electron chi connectivity index (χ2n) is 4.43. The van der Waals surface area contributed by atoms with Gasteiger partial charge in [0.25, 0.3) is 5.91 Å². The largest absolute Gasteiger partial charge is 0.497 e. The lowest BCUT2D eigenvalue weighted by Crippen LogP contribution is -2.16. The Morgan fingerprint density at radius 1 is 1.33 bits per heavy atom. The van der Waals surface area contributed by atoms with E-state index in [0.29, 0.717) is 17.3 Å². The molecule has 0 spiro atoms. The third-order valence-corrected chi connectivity index (χ3v) is 3.02. The van der Waals surface area contributed by atoms with E-state index in [9.17, 15) is 9.18 Å². The SMILES string of the molecule is CNc1ncc(F)cc1C(=O)Nc1ccc(OC)cc1C. The van der Waals surface area contributed by atoms with Crippen LogP contribution < -0.4 is 15.4 Å². The molecule has 21 heavy (non-hydrogen) atoms. The minimum Gasteiger partial charge on any atom is -0.497 e. The molecule has 0 aliphatic rings. The number of nitrogens with one attached hydrogen (secondary N) is 2. The van der Waals surface area contributed by atoms with Crippen LogP contribution in [0.3, 0.4) is 0 Å². The van der Waals surface area contributed by atoms with Gasteiger partial charge in [-0.3, -0.25) is 4.79 Å². The van der Waals surface area contributed by atoms with E-state index >= 15 is 0 Å². The fourth-order valence-corrected chi connectivity index (χ4v) is 1.90. The molecule has 0 atom stereocenters. The topological polar surface area (TPSA) is 63.2 Å². The van der Waals surface area contributed by atoms with Crippen LogP contribution in [0.4, 0.5) is 15.9 Å². The molecule has 0 aliphatic carbocycles. The standard InChI is InChI=1S/C15H16FN3O2/c1-9-6-11(21-3)4-5-13(9)19-15(20)12-7-10(16)8-18-14(12)17-2/h4-8H,1-3H3,(H,17,18)(H,19,20). The molecule has 1 aromatic carbocycles. The average Bonchev–Trinajstić information content (AvgIpc) is 2.49. The zero-order valence-electron chi connectivity index (χ0n) is 12.0. The maximum atomic E-state index is 13.3. The molecule has 6 heteroatoms. The highest BCUT2D eigenvalue weighted by Crippen LogP contribution is 2.22. The number of benzene rings is 1. The number of hydrogen-bond donors (Lipinski definition) is 2. The van der Waals surface area contributed by atoms with E-state index in [1.165, 1.54) is 0 Å². The summed E-state index contributed by atoms with van der Waals surface area (Å²) >= 11 is 0. The van der Waals surface area contributed by atoms with E-state index in [1.807, 2.05) is 6.92 Å². The van der Waals surface area contributed by atoms with Crippen LogP contribution in [0.15, 0.2) is 30.5 Å². The molecular weight excluding hydrogens is 273 g/mol. The Balaban J connectivity index is 2.28. The Bertz CT molecular complexity index is 674. The van der Waals surface area contributed by atoms with Crippen LogP contribution in [0.2, 0.25) is 0 Å². The maximum Gasteiger partial charge on any atom is 0.259 e. The number of nitrogens with zero attached hydrogens (tertiary/aromatic N) is 1. The van der Waals surface area contributed by atoms with Crippen LogP contribution in [0.25, 0.3) is 0 Å². The van der Waals surface area contributed by atoms with Crippen molar-refractivity contribution < 1.29 is 13.9 Å². The number of methoxy groups -OCH3 is 1. The number of halogens is 1. The number of carbonyl (C=O) groups is 1. The second-order valence-corrected chi connectivity index (χ2v) is 4.43. The highest BCUT2D eigenvalue weighted by Gasteiger charge is 2.14. The average molecular weight is 289 g/mol. The molecule has 110 valence electrons. The highest BCUT2D eigenvalue weighted by molar-refractivity contribution is 6.07. The van der Waals surface area contributed by atoms with Crippen LogP contribution in [0, 0.1) is 12.7 Å². The molecule has 0 unspecified atom stereocenters. The number of carbonyl (C=O) groups excluding carboxylic acids is 1. The van der Waals surface area contributed by atoms with E-state index in [1.54, 1.807) is 32.4 Å². The molecule has 0 saturated heterocycles. The van der Waals surface area contributed by atoms with Crippen LogP contribution >= 0.6 is 0 Å². The first-order chi connectivity index (χ1) is 10.0. The zero-order chi connectivity index (χ0) is 15.4. The third kappa shape index (κ3) is 3.28. The van der Waals surface area contributed by atoms with Gasteiger partial charge < -0.3 is 15.4 Å². The molecule has 0 bridgehead atoms. The molecule has 0 aliphatic heterocycles. The summed E-state index contributed by atoms with van der Waals surface area (Å²) in [7, 11) is 3.19. The Morgan fingerprint density at radius 2 is 2.10 bits per heavy atom. The van der Waals surface area contributed by atoms with Crippen molar-refractivity contribution in [1.82, 2.24) is 4.98 Å². The first kappa shape index (κ1) is 14.8. The summed E-state index contributed by atoms with van der Waals surface area (Å²) in [6.45, 7) is 1.85. The summed E-state index contributed by atoms with van der Waals surface area (Å²) in [5.41, 5.74) is 1.62. The van der Waals surface area contributed by atoms with Gasteiger partial charge in [0.1, 0.15) is 17.4 Å². The van der Waals surface area contributed by atoms with Crippen molar-refractivity contribution in [2.75, 3.05) is 24.8 Å². The summed E-state index contributed by atoms with van der Waals surface area (Å²) in [4.78, 5) is 16.1. The van der Waals surface area contributed by atoms with Crippen molar-refractivity contribution in [3.8, 4) is 5.75 Å². The number of anilines is 2. The quantitative estimate of drug-likeness (QED) is 0.908. The maximum absolute atomic E-state index is 13.3. The van der Waals surface area contributed by atoms with E-state index < -0.39 is 11.7 Å².